The van der Waals surface area contributed by atoms with E-state index in [-0.39, 0.29) is 11.8 Å². The predicted octanol–water partition coefficient (Wildman–Crippen LogP) is 3.20. The Hall–Kier alpha value is -1.84. The normalized spacial score (nSPS) is 15.2. The quantitative estimate of drug-likeness (QED) is 0.759. The molecule has 1 aromatic rings. The molecule has 0 saturated heterocycles. The number of amides is 2. The molecule has 1 aliphatic carbocycles. The lowest BCUT2D eigenvalue weighted by Crippen LogP contribution is -2.34. The summed E-state index contributed by atoms with van der Waals surface area (Å²) in [7, 11) is 0. The zero-order chi connectivity index (χ0) is 16.5. The first kappa shape index (κ1) is 17.5. The molecule has 0 heterocycles. The van der Waals surface area contributed by atoms with Gasteiger partial charge >= 0.3 is 0 Å². The summed E-state index contributed by atoms with van der Waals surface area (Å²) < 4.78 is 0. The van der Waals surface area contributed by atoms with Gasteiger partial charge in [-0.15, -0.1) is 0 Å². The van der Waals surface area contributed by atoms with Gasteiger partial charge in [0.25, 0.3) is 5.91 Å². The SMILES string of the molecule is Cc1ccc(C(=O)NCCNC(=O)CCC2CCCCC2)cc1. The predicted molar refractivity (Wildman–Crippen MR) is 92.3 cm³/mol. The summed E-state index contributed by atoms with van der Waals surface area (Å²) in [6.07, 6.45) is 8.15. The number of hydrogen-bond donors (Lipinski definition) is 2. The fourth-order valence-electron chi connectivity index (χ4n) is 3.08. The number of carbonyl (C=O) groups excluding carboxylic acids is 2. The Bertz CT molecular complexity index is 505. The Morgan fingerprint density at radius 1 is 1.00 bits per heavy atom. The highest BCUT2D eigenvalue weighted by Gasteiger charge is 2.14. The van der Waals surface area contributed by atoms with E-state index in [1.54, 1.807) is 0 Å². The maximum Gasteiger partial charge on any atom is 0.251 e. The standard InChI is InChI=1S/C19H28N2O2/c1-15-7-10-17(11-8-15)19(23)21-14-13-20-18(22)12-9-16-5-3-2-4-6-16/h7-8,10-11,16H,2-6,9,12-14H2,1H3,(H,20,22)(H,21,23). The van der Waals surface area contributed by atoms with Crippen molar-refractivity contribution < 1.29 is 9.59 Å². The number of carbonyl (C=O) groups is 2. The van der Waals surface area contributed by atoms with Crippen LogP contribution in [-0.4, -0.2) is 24.9 Å². The van der Waals surface area contributed by atoms with E-state index in [2.05, 4.69) is 10.6 Å². The van der Waals surface area contributed by atoms with Crippen molar-refractivity contribution in [2.24, 2.45) is 5.92 Å². The molecule has 0 bridgehead atoms. The van der Waals surface area contributed by atoms with Crippen molar-refractivity contribution >= 4 is 11.8 Å². The van der Waals surface area contributed by atoms with Gasteiger partial charge in [0.05, 0.1) is 0 Å². The fourth-order valence-corrected chi connectivity index (χ4v) is 3.08. The summed E-state index contributed by atoms with van der Waals surface area (Å²) in [5.41, 5.74) is 1.78. The smallest absolute Gasteiger partial charge is 0.251 e. The Morgan fingerprint density at radius 2 is 1.65 bits per heavy atom. The molecule has 1 saturated carbocycles. The van der Waals surface area contributed by atoms with Crippen molar-refractivity contribution in [1.82, 2.24) is 10.6 Å². The summed E-state index contributed by atoms with van der Waals surface area (Å²) in [6.45, 7) is 2.94. The molecule has 0 spiro atoms. The van der Waals surface area contributed by atoms with E-state index < -0.39 is 0 Å². The van der Waals surface area contributed by atoms with Crippen molar-refractivity contribution in [2.75, 3.05) is 13.1 Å². The second kappa shape index (κ2) is 9.33. The molecule has 126 valence electrons. The molecule has 0 unspecified atom stereocenters. The first-order valence-electron chi connectivity index (χ1n) is 8.77. The van der Waals surface area contributed by atoms with Crippen LogP contribution in [-0.2, 0) is 4.79 Å². The summed E-state index contributed by atoms with van der Waals surface area (Å²) in [5.74, 6) is 0.734. The minimum atomic E-state index is -0.0959. The van der Waals surface area contributed by atoms with Gasteiger partial charge in [0.1, 0.15) is 0 Å². The van der Waals surface area contributed by atoms with Gasteiger partial charge in [0, 0.05) is 25.1 Å². The topological polar surface area (TPSA) is 58.2 Å². The maximum absolute atomic E-state index is 11.9. The van der Waals surface area contributed by atoms with Crippen LogP contribution in [0.15, 0.2) is 24.3 Å². The van der Waals surface area contributed by atoms with E-state index in [0.29, 0.717) is 25.1 Å². The maximum atomic E-state index is 11.9. The van der Waals surface area contributed by atoms with Crippen molar-refractivity contribution in [3.8, 4) is 0 Å². The summed E-state index contributed by atoms with van der Waals surface area (Å²) >= 11 is 0. The van der Waals surface area contributed by atoms with E-state index in [1.165, 1.54) is 32.1 Å². The number of rotatable bonds is 7. The van der Waals surface area contributed by atoms with E-state index in [0.717, 1.165) is 17.9 Å². The van der Waals surface area contributed by atoms with Crippen molar-refractivity contribution in [2.45, 2.75) is 51.9 Å². The third-order valence-electron chi connectivity index (χ3n) is 4.55. The van der Waals surface area contributed by atoms with E-state index >= 15 is 0 Å². The molecular weight excluding hydrogens is 288 g/mol. The Morgan fingerprint density at radius 3 is 2.35 bits per heavy atom. The molecule has 1 fully saturated rings. The van der Waals surface area contributed by atoms with Crippen molar-refractivity contribution in [1.29, 1.82) is 0 Å². The molecule has 2 rings (SSSR count). The monoisotopic (exact) mass is 316 g/mol. The molecule has 0 atom stereocenters. The first-order valence-corrected chi connectivity index (χ1v) is 8.77. The highest BCUT2D eigenvalue weighted by molar-refractivity contribution is 5.94. The summed E-state index contributed by atoms with van der Waals surface area (Å²) in [4.78, 5) is 23.7. The third kappa shape index (κ3) is 6.43. The van der Waals surface area contributed by atoms with Gasteiger partial charge in [-0.2, -0.15) is 0 Å². The largest absolute Gasteiger partial charge is 0.354 e. The van der Waals surface area contributed by atoms with Gasteiger partial charge in [-0.25, -0.2) is 0 Å². The minimum absolute atomic E-state index is 0.0959. The van der Waals surface area contributed by atoms with Crippen LogP contribution in [0.2, 0.25) is 0 Å². The summed E-state index contributed by atoms with van der Waals surface area (Å²) in [6, 6.07) is 7.46. The van der Waals surface area contributed by atoms with Crippen LogP contribution in [0.3, 0.4) is 0 Å². The molecule has 2 amide bonds. The van der Waals surface area contributed by atoms with E-state index in [9.17, 15) is 9.59 Å². The van der Waals surface area contributed by atoms with Crippen LogP contribution in [0.1, 0.15) is 60.9 Å². The van der Waals surface area contributed by atoms with Crippen molar-refractivity contribution in [3.05, 3.63) is 35.4 Å². The highest BCUT2D eigenvalue weighted by atomic mass is 16.2. The fraction of sp³-hybridized carbons (Fsp3) is 0.579. The lowest BCUT2D eigenvalue weighted by Gasteiger charge is -2.20. The van der Waals surface area contributed by atoms with E-state index in [4.69, 9.17) is 0 Å². The lowest BCUT2D eigenvalue weighted by atomic mass is 9.86. The highest BCUT2D eigenvalue weighted by Crippen LogP contribution is 2.27. The molecule has 23 heavy (non-hydrogen) atoms. The van der Waals surface area contributed by atoms with Gasteiger partial charge in [-0.3, -0.25) is 9.59 Å². The number of nitrogens with one attached hydrogen (secondary N) is 2. The van der Waals surface area contributed by atoms with Crippen LogP contribution < -0.4 is 10.6 Å². The van der Waals surface area contributed by atoms with E-state index in [1.807, 2.05) is 31.2 Å². The van der Waals surface area contributed by atoms with Crippen molar-refractivity contribution in [3.63, 3.8) is 0 Å². The Labute approximate surface area is 139 Å². The average Bonchev–Trinajstić information content (AvgIpc) is 2.58. The first-order chi connectivity index (χ1) is 11.1. The van der Waals surface area contributed by atoms with Crippen LogP contribution in [0.4, 0.5) is 0 Å². The third-order valence-corrected chi connectivity index (χ3v) is 4.55. The van der Waals surface area contributed by atoms with Gasteiger partial charge in [0.15, 0.2) is 0 Å². The molecule has 4 nitrogen and oxygen atoms in total. The zero-order valence-corrected chi connectivity index (χ0v) is 14.1. The Balaban J connectivity index is 1.56. The minimum Gasteiger partial charge on any atom is -0.354 e. The number of aryl methyl sites for hydroxylation is 1. The van der Waals surface area contributed by atoms with Gasteiger partial charge in [-0.05, 0) is 31.4 Å². The molecule has 4 heteroatoms. The molecule has 0 aromatic heterocycles. The van der Waals surface area contributed by atoms with Crippen LogP contribution >= 0.6 is 0 Å². The molecule has 2 N–H and O–H groups in total. The molecule has 1 aromatic carbocycles. The molecule has 0 aliphatic heterocycles. The second-order valence-corrected chi connectivity index (χ2v) is 6.51. The number of benzene rings is 1. The molecule has 1 aliphatic rings. The molecule has 0 radical (unpaired) electrons. The van der Waals surface area contributed by atoms with Gasteiger partial charge < -0.3 is 10.6 Å². The number of hydrogen-bond acceptors (Lipinski definition) is 2. The van der Waals surface area contributed by atoms with Crippen LogP contribution in [0.25, 0.3) is 0 Å². The van der Waals surface area contributed by atoms with Crippen LogP contribution in [0.5, 0.6) is 0 Å². The molecular formula is C19H28N2O2. The lowest BCUT2D eigenvalue weighted by molar-refractivity contribution is -0.121. The van der Waals surface area contributed by atoms with Gasteiger partial charge in [-0.1, -0.05) is 49.8 Å². The van der Waals surface area contributed by atoms with Gasteiger partial charge in [0.2, 0.25) is 5.91 Å². The average molecular weight is 316 g/mol. The Kier molecular flexibility index (Phi) is 7.11. The summed E-state index contributed by atoms with van der Waals surface area (Å²) in [5, 5.41) is 5.71. The zero-order valence-electron chi connectivity index (χ0n) is 14.1. The second-order valence-electron chi connectivity index (χ2n) is 6.51. The van der Waals surface area contributed by atoms with Crippen LogP contribution in [0, 0.1) is 12.8 Å².